The Labute approximate surface area is 320 Å². The van der Waals surface area contributed by atoms with Gasteiger partial charge in [0, 0.05) is 17.5 Å². The summed E-state index contributed by atoms with van der Waals surface area (Å²) in [4.78, 5) is 5.20. The normalized spacial score (nSPS) is 17.9. The van der Waals surface area contributed by atoms with Crippen LogP contribution in [0.4, 0.5) is 0 Å². The number of hydrogen-bond acceptors (Lipinski definition) is 1. The lowest BCUT2D eigenvalue weighted by molar-refractivity contribution is 0.753. The molecule has 3 aliphatic carbocycles. The van der Waals surface area contributed by atoms with Gasteiger partial charge in [0.15, 0.2) is 0 Å². The highest BCUT2D eigenvalue weighted by molar-refractivity contribution is 5.95. The molecule has 55 heavy (non-hydrogen) atoms. The van der Waals surface area contributed by atoms with E-state index in [-0.39, 0.29) is 11.8 Å². The predicted octanol–water partition coefficient (Wildman–Crippen LogP) is 11.3. The van der Waals surface area contributed by atoms with Crippen LogP contribution in [-0.4, -0.2) is 9.55 Å². The molecule has 2 nitrogen and oxygen atoms in total. The van der Waals surface area contributed by atoms with Crippen LogP contribution in [0.25, 0.3) is 49.4 Å². The summed E-state index contributed by atoms with van der Waals surface area (Å²) >= 11 is 0. The molecule has 0 spiro atoms. The third-order valence-electron chi connectivity index (χ3n) is 11.8. The lowest BCUT2D eigenvalue weighted by Gasteiger charge is -2.33. The van der Waals surface area contributed by atoms with Gasteiger partial charge in [-0.2, -0.15) is 0 Å². The molecule has 0 N–H and O–H groups in total. The van der Waals surface area contributed by atoms with Crippen molar-refractivity contribution in [2.24, 2.45) is 5.92 Å². The Morgan fingerprint density at radius 3 is 1.93 bits per heavy atom. The van der Waals surface area contributed by atoms with Gasteiger partial charge in [0.2, 0.25) is 0 Å². The molecule has 0 aliphatic heterocycles. The van der Waals surface area contributed by atoms with Gasteiger partial charge >= 0.3 is 0 Å². The number of para-hydroxylation sites is 3. The Morgan fingerprint density at radius 1 is 0.527 bits per heavy atom. The summed E-state index contributed by atoms with van der Waals surface area (Å²) in [7, 11) is 0. The standard InChI is InChI=1S/C53H38N2/c1-2-16-44(17-3-1)55-50-21-11-10-20-49(50)54-53(55)38-26-22-37(23-27-38)41-30-31-47-48(34-41)52(43-29-25-36-13-5-7-15-40(36)33-43)46-19-9-8-18-45(46)51(47)42-28-24-35-12-4-6-14-39(35)32-42/h1-26,28-30,32-34,38,47H,27,31H2. The molecule has 0 amide bonds. The van der Waals surface area contributed by atoms with E-state index < -0.39 is 0 Å². The van der Waals surface area contributed by atoms with Crippen molar-refractivity contribution in [3.63, 3.8) is 0 Å². The van der Waals surface area contributed by atoms with Gasteiger partial charge in [0.25, 0.3) is 0 Å². The van der Waals surface area contributed by atoms with Crippen molar-refractivity contribution in [2.45, 2.75) is 18.8 Å². The molecule has 0 radical (unpaired) electrons. The smallest absolute Gasteiger partial charge is 0.121 e. The van der Waals surface area contributed by atoms with Crippen LogP contribution in [0.3, 0.4) is 0 Å². The second-order valence-corrected chi connectivity index (χ2v) is 15.0. The van der Waals surface area contributed by atoms with Crippen molar-refractivity contribution in [1.29, 1.82) is 0 Å². The number of hydrogen-bond donors (Lipinski definition) is 0. The van der Waals surface area contributed by atoms with Crippen LogP contribution < -0.4 is 10.4 Å². The summed E-state index contributed by atoms with van der Waals surface area (Å²) < 4.78 is 2.34. The van der Waals surface area contributed by atoms with E-state index in [1.165, 1.54) is 71.0 Å². The van der Waals surface area contributed by atoms with Gasteiger partial charge in [-0.1, -0.05) is 158 Å². The summed E-state index contributed by atoms with van der Waals surface area (Å²) in [5, 5.41) is 7.72. The largest absolute Gasteiger partial charge is 0.296 e. The molecule has 0 fully saturated rings. The second-order valence-electron chi connectivity index (χ2n) is 15.0. The molecule has 11 rings (SSSR count). The van der Waals surface area contributed by atoms with Gasteiger partial charge < -0.3 is 0 Å². The minimum absolute atomic E-state index is 0.176. The van der Waals surface area contributed by atoms with Crippen LogP contribution in [0.5, 0.6) is 0 Å². The average molecular weight is 703 g/mol. The van der Waals surface area contributed by atoms with E-state index in [0.717, 1.165) is 35.4 Å². The minimum Gasteiger partial charge on any atom is -0.296 e. The Bertz CT molecular complexity index is 3100. The molecule has 1 heterocycles. The fourth-order valence-corrected chi connectivity index (χ4v) is 9.25. The monoisotopic (exact) mass is 702 g/mol. The molecule has 1 aromatic heterocycles. The van der Waals surface area contributed by atoms with Crippen molar-refractivity contribution in [3.05, 3.63) is 238 Å². The Balaban J connectivity index is 1.04. The molecule has 8 aromatic rings. The first-order chi connectivity index (χ1) is 27.3. The Hall–Kier alpha value is -6.77. The van der Waals surface area contributed by atoms with E-state index in [4.69, 9.17) is 4.98 Å². The maximum absolute atomic E-state index is 5.20. The molecule has 0 saturated heterocycles. The maximum atomic E-state index is 5.20. The first kappa shape index (κ1) is 31.7. The molecule has 2 unspecified atom stereocenters. The highest BCUT2D eigenvalue weighted by atomic mass is 15.1. The molecule has 3 aliphatic rings. The van der Waals surface area contributed by atoms with Crippen molar-refractivity contribution in [1.82, 2.24) is 9.55 Å². The molecule has 2 heteroatoms. The first-order valence-corrected chi connectivity index (χ1v) is 19.4. The number of rotatable bonds is 5. The molecule has 2 atom stereocenters. The summed E-state index contributed by atoms with van der Waals surface area (Å²) in [5.41, 5.74) is 12.6. The number of allylic oxidation sites excluding steroid dienone is 8. The van der Waals surface area contributed by atoms with Crippen LogP contribution in [-0.2, 0) is 0 Å². The first-order valence-electron chi connectivity index (χ1n) is 19.4. The quantitative estimate of drug-likeness (QED) is 0.175. The van der Waals surface area contributed by atoms with Gasteiger partial charge in [-0.3, -0.25) is 4.57 Å². The van der Waals surface area contributed by atoms with Crippen molar-refractivity contribution in [2.75, 3.05) is 0 Å². The van der Waals surface area contributed by atoms with E-state index in [1.54, 1.807) is 0 Å². The summed E-state index contributed by atoms with van der Waals surface area (Å²) in [6, 6.07) is 59.6. The Morgan fingerprint density at radius 2 is 1.16 bits per heavy atom. The highest BCUT2D eigenvalue weighted by Crippen LogP contribution is 2.44. The third-order valence-corrected chi connectivity index (χ3v) is 11.8. The van der Waals surface area contributed by atoms with E-state index in [9.17, 15) is 0 Å². The third kappa shape index (κ3) is 5.36. The van der Waals surface area contributed by atoms with Crippen LogP contribution in [0.1, 0.15) is 35.7 Å². The summed E-state index contributed by atoms with van der Waals surface area (Å²) in [6.07, 6.45) is 14.0. The molecular weight excluding hydrogens is 665 g/mol. The number of benzene rings is 7. The van der Waals surface area contributed by atoms with E-state index >= 15 is 0 Å². The Kier molecular flexibility index (Phi) is 7.48. The molecule has 260 valence electrons. The molecule has 0 bridgehead atoms. The zero-order valence-electron chi connectivity index (χ0n) is 30.4. The number of aromatic nitrogens is 2. The molecule has 0 saturated carbocycles. The van der Waals surface area contributed by atoms with Crippen LogP contribution in [0, 0.1) is 5.92 Å². The topological polar surface area (TPSA) is 17.8 Å². The maximum Gasteiger partial charge on any atom is 0.121 e. The summed E-state index contributed by atoms with van der Waals surface area (Å²) in [6.45, 7) is 0. The highest BCUT2D eigenvalue weighted by Gasteiger charge is 2.31. The minimum atomic E-state index is 0.176. The SMILES string of the molecule is C1=CC(c2nc3ccccc3n2-c2ccccc2)CC=C1C1=CCC2C(=C1)C(c1ccc3ccccc3c1)=c1ccccc1=C2c1ccc2ccccc2c1. The van der Waals surface area contributed by atoms with Crippen molar-refractivity contribution < 1.29 is 0 Å². The van der Waals surface area contributed by atoms with Crippen LogP contribution in [0.2, 0.25) is 0 Å². The number of imidazole rings is 1. The van der Waals surface area contributed by atoms with E-state index in [0.29, 0.717) is 0 Å². The fourth-order valence-electron chi connectivity index (χ4n) is 9.25. The molecular formula is C53H38N2. The van der Waals surface area contributed by atoms with E-state index in [2.05, 4.69) is 199 Å². The molecule has 7 aromatic carbocycles. The second kappa shape index (κ2) is 13.0. The number of nitrogens with zero attached hydrogens (tertiary/aromatic N) is 2. The van der Waals surface area contributed by atoms with Gasteiger partial charge in [0.1, 0.15) is 5.82 Å². The average Bonchev–Trinajstić information content (AvgIpc) is 3.65. The summed E-state index contributed by atoms with van der Waals surface area (Å²) in [5.74, 6) is 1.49. The lowest BCUT2D eigenvalue weighted by Crippen LogP contribution is -2.38. The van der Waals surface area contributed by atoms with Crippen LogP contribution in [0.15, 0.2) is 211 Å². The van der Waals surface area contributed by atoms with Crippen molar-refractivity contribution >= 4 is 43.7 Å². The predicted molar refractivity (Wildman–Crippen MR) is 229 cm³/mol. The van der Waals surface area contributed by atoms with Gasteiger partial charge in [-0.05, 0) is 120 Å². The van der Waals surface area contributed by atoms with Gasteiger partial charge in [-0.25, -0.2) is 4.98 Å². The zero-order chi connectivity index (χ0) is 36.3. The fraction of sp³-hybridized carbons (Fsp3) is 0.0755. The van der Waals surface area contributed by atoms with Crippen LogP contribution >= 0.6 is 0 Å². The lowest BCUT2D eigenvalue weighted by atomic mass is 9.70. The van der Waals surface area contributed by atoms with E-state index in [1.807, 2.05) is 0 Å². The van der Waals surface area contributed by atoms with Gasteiger partial charge in [0.05, 0.1) is 11.0 Å². The number of fused-ring (bicyclic) bond motifs is 5. The zero-order valence-corrected chi connectivity index (χ0v) is 30.4. The van der Waals surface area contributed by atoms with Crippen molar-refractivity contribution in [3.8, 4) is 5.69 Å². The van der Waals surface area contributed by atoms with Gasteiger partial charge in [-0.15, -0.1) is 0 Å².